The van der Waals surface area contributed by atoms with Crippen LogP contribution < -0.4 is 10.1 Å². The van der Waals surface area contributed by atoms with Crippen molar-refractivity contribution in [2.24, 2.45) is 0 Å². The van der Waals surface area contributed by atoms with E-state index in [0.717, 1.165) is 6.07 Å². The zero-order valence-electron chi connectivity index (χ0n) is 10.9. The van der Waals surface area contributed by atoms with Crippen molar-refractivity contribution in [3.8, 4) is 5.75 Å². The van der Waals surface area contributed by atoms with Gasteiger partial charge in [0.2, 0.25) is 10.0 Å². The van der Waals surface area contributed by atoms with E-state index in [4.69, 9.17) is 4.74 Å². The molecule has 1 saturated heterocycles. The van der Waals surface area contributed by atoms with Crippen LogP contribution >= 0.6 is 0 Å². The van der Waals surface area contributed by atoms with Crippen LogP contribution in [0.3, 0.4) is 0 Å². The summed E-state index contributed by atoms with van der Waals surface area (Å²) in [5.41, 5.74) is 0. The zero-order valence-corrected chi connectivity index (χ0v) is 11.7. The Morgan fingerprint density at radius 2 is 2.21 bits per heavy atom. The normalized spacial score (nSPS) is 21.3. The molecule has 1 aromatic rings. The van der Waals surface area contributed by atoms with Crippen LogP contribution in [-0.2, 0) is 10.0 Å². The number of methoxy groups -OCH3 is 1. The van der Waals surface area contributed by atoms with Gasteiger partial charge in [0.05, 0.1) is 12.0 Å². The first-order valence-corrected chi connectivity index (χ1v) is 7.47. The van der Waals surface area contributed by atoms with Crippen LogP contribution in [0.4, 0.5) is 4.39 Å². The molecule has 1 aromatic carbocycles. The van der Waals surface area contributed by atoms with Crippen LogP contribution in [0.5, 0.6) is 5.75 Å². The van der Waals surface area contributed by atoms with Crippen molar-refractivity contribution in [1.82, 2.24) is 9.62 Å². The summed E-state index contributed by atoms with van der Waals surface area (Å²) in [6.07, 6.45) is 0. The Hall–Kier alpha value is -1.18. The molecule has 0 saturated carbocycles. The largest absolute Gasteiger partial charge is 0.494 e. The lowest BCUT2D eigenvalue weighted by molar-refractivity contribution is 0.283. The van der Waals surface area contributed by atoms with E-state index >= 15 is 0 Å². The lowest BCUT2D eigenvalue weighted by atomic mass is 10.3. The van der Waals surface area contributed by atoms with Gasteiger partial charge in [0, 0.05) is 25.7 Å². The average molecular weight is 288 g/mol. The van der Waals surface area contributed by atoms with Crippen LogP contribution in [0, 0.1) is 5.82 Å². The van der Waals surface area contributed by atoms with Gasteiger partial charge in [-0.2, -0.15) is 4.31 Å². The topological polar surface area (TPSA) is 58.6 Å². The number of hydrogen-bond acceptors (Lipinski definition) is 4. The molecule has 0 aromatic heterocycles. The minimum atomic E-state index is -3.66. The summed E-state index contributed by atoms with van der Waals surface area (Å²) in [4.78, 5) is -0.0421. The number of benzene rings is 1. The first-order chi connectivity index (χ1) is 8.96. The standard InChI is InChI=1S/C12H17FN2O3S/c1-9-8-14-5-6-15(9)19(16,17)10-3-4-12(18-2)11(13)7-10/h3-4,7,9,14H,5-6,8H2,1-2H3/t9-/m1/s1. The van der Waals surface area contributed by atoms with Gasteiger partial charge in [0.25, 0.3) is 0 Å². The van der Waals surface area contributed by atoms with Crippen LogP contribution in [0.2, 0.25) is 0 Å². The molecule has 0 amide bonds. The molecule has 0 aliphatic carbocycles. The molecule has 2 rings (SSSR count). The number of hydrogen-bond donors (Lipinski definition) is 1. The number of nitrogens with one attached hydrogen (secondary N) is 1. The van der Waals surface area contributed by atoms with Crippen molar-refractivity contribution in [2.75, 3.05) is 26.7 Å². The van der Waals surface area contributed by atoms with E-state index in [0.29, 0.717) is 19.6 Å². The molecular weight excluding hydrogens is 271 g/mol. The van der Waals surface area contributed by atoms with Crippen molar-refractivity contribution in [3.63, 3.8) is 0 Å². The summed E-state index contributed by atoms with van der Waals surface area (Å²) in [6, 6.07) is 3.55. The summed E-state index contributed by atoms with van der Waals surface area (Å²) in [6.45, 7) is 3.40. The molecule has 1 N–H and O–H groups in total. The smallest absolute Gasteiger partial charge is 0.243 e. The maximum atomic E-state index is 13.6. The van der Waals surface area contributed by atoms with E-state index in [2.05, 4.69) is 5.32 Å². The van der Waals surface area contributed by atoms with Crippen LogP contribution in [-0.4, -0.2) is 45.5 Å². The Labute approximate surface area is 112 Å². The molecule has 1 heterocycles. The molecule has 1 aliphatic rings. The maximum absolute atomic E-state index is 13.6. The first kappa shape index (κ1) is 14.2. The number of piperazine rings is 1. The van der Waals surface area contributed by atoms with Gasteiger partial charge in [-0.1, -0.05) is 0 Å². The number of sulfonamides is 1. The average Bonchev–Trinajstić information content (AvgIpc) is 2.39. The SMILES string of the molecule is COc1ccc(S(=O)(=O)N2CCNC[C@H]2C)cc1F. The molecule has 1 aliphatic heterocycles. The maximum Gasteiger partial charge on any atom is 0.243 e. The summed E-state index contributed by atoms with van der Waals surface area (Å²) in [5, 5.41) is 3.12. The third-order valence-electron chi connectivity index (χ3n) is 3.17. The molecule has 0 bridgehead atoms. The Morgan fingerprint density at radius 3 is 2.79 bits per heavy atom. The Morgan fingerprint density at radius 1 is 1.47 bits per heavy atom. The minimum absolute atomic E-state index is 0.0345. The van der Waals surface area contributed by atoms with E-state index in [-0.39, 0.29) is 16.7 Å². The van der Waals surface area contributed by atoms with Crippen molar-refractivity contribution in [1.29, 1.82) is 0 Å². The zero-order chi connectivity index (χ0) is 14.0. The molecule has 1 fully saturated rings. The first-order valence-electron chi connectivity index (χ1n) is 6.03. The predicted octanol–water partition coefficient (Wildman–Crippen LogP) is 0.817. The summed E-state index contributed by atoms with van der Waals surface area (Å²) in [7, 11) is -2.32. The van der Waals surface area contributed by atoms with Gasteiger partial charge in [0.15, 0.2) is 11.6 Å². The fourth-order valence-electron chi connectivity index (χ4n) is 2.12. The highest BCUT2D eigenvalue weighted by molar-refractivity contribution is 7.89. The molecule has 7 heteroatoms. The van der Waals surface area contributed by atoms with Crippen molar-refractivity contribution in [2.45, 2.75) is 17.9 Å². The third kappa shape index (κ3) is 2.72. The highest BCUT2D eigenvalue weighted by atomic mass is 32.2. The van der Waals surface area contributed by atoms with Crippen molar-refractivity contribution in [3.05, 3.63) is 24.0 Å². The summed E-state index contributed by atoms with van der Waals surface area (Å²) in [5.74, 6) is -0.640. The van der Waals surface area contributed by atoms with Crippen LogP contribution in [0.25, 0.3) is 0 Å². The Bertz CT molecular complexity index is 562. The second-order valence-corrected chi connectivity index (χ2v) is 6.36. The highest BCUT2D eigenvalue weighted by Gasteiger charge is 2.31. The van der Waals surface area contributed by atoms with E-state index < -0.39 is 15.8 Å². The monoisotopic (exact) mass is 288 g/mol. The second kappa shape index (κ2) is 5.44. The lowest BCUT2D eigenvalue weighted by Gasteiger charge is -2.32. The van der Waals surface area contributed by atoms with Gasteiger partial charge in [-0.15, -0.1) is 0 Å². The van der Waals surface area contributed by atoms with Crippen molar-refractivity contribution < 1.29 is 17.5 Å². The fraction of sp³-hybridized carbons (Fsp3) is 0.500. The van der Waals surface area contributed by atoms with E-state index in [1.165, 1.54) is 23.5 Å². The predicted molar refractivity (Wildman–Crippen MR) is 69.2 cm³/mol. The summed E-state index contributed by atoms with van der Waals surface area (Å²) < 4.78 is 44.7. The Balaban J connectivity index is 2.36. The van der Waals surface area contributed by atoms with E-state index in [1.54, 1.807) is 0 Å². The molecule has 106 valence electrons. The number of halogens is 1. The molecule has 19 heavy (non-hydrogen) atoms. The number of ether oxygens (including phenoxy) is 1. The molecular formula is C12H17FN2O3S. The van der Waals surface area contributed by atoms with Gasteiger partial charge in [-0.05, 0) is 25.1 Å². The molecule has 0 radical (unpaired) electrons. The van der Waals surface area contributed by atoms with Crippen molar-refractivity contribution >= 4 is 10.0 Å². The van der Waals surface area contributed by atoms with Crippen LogP contribution in [0.15, 0.2) is 23.1 Å². The van der Waals surface area contributed by atoms with Gasteiger partial charge in [0.1, 0.15) is 0 Å². The molecule has 0 spiro atoms. The van der Waals surface area contributed by atoms with Gasteiger partial charge >= 0.3 is 0 Å². The summed E-state index contributed by atoms with van der Waals surface area (Å²) >= 11 is 0. The van der Waals surface area contributed by atoms with E-state index in [9.17, 15) is 12.8 Å². The highest BCUT2D eigenvalue weighted by Crippen LogP contribution is 2.24. The molecule has 0 unspecified atom stereocenters. The van der Waals surface area contributed by atoms with Gasteiger partial charge < -0.3 is 10.1 Å². The quantitative estimate of drug-likeness (QED) is 0.894. The molecule has 5 nitrogen and oxygen atoms in total. The van der Waals surface area contributed by atoms with Gasteiger partial charge in [-0.3, -0.25) is 0 Å². The fourth-order valence-corrected chi connectivity index (χ4v) is 3.77. The number of rotatable bonds is 3. The van der Waals surface area contributed by atoms with E-state index in [1.807, 2.05) is 6.92 Å². The van der Waals surface area contributed by atoms with Crippen LogP contribution in [0.1, 0.15) is 6.92 Å². The third-order valence-corrected chi connectivity index (χ3v) is 5.18. The second-order valence-electron chi connectivity index (χ2n) is 4.47. The van der Waals surface area contributed by atoms with Gasteiger partial charge in [-0.25, -0.2) is 12.8 Å². The lowest BCUT2D eigenvalue weighted by Crippen LogP contribution is -2.52. The number of nitrogens with zero attached hydrogens (tertiary/aromatic N) is 1. The molecule has 1 atom stereocenters. The Kier molecular flexibility index (Phi) is 4.07. The minimum Gasteiger partial charge on any atom is -0.494 e.